The number of aromatic nitrogens is 2. The number of nitrogens with one attached hydrogen (secondary N) is 3. The van der Waals surface area contributed by atoms with Gasteiger partial charge < -0.3 is 0 Å². The summed E-state index contributed by atoms with van der Waals surface area (Å²) in [6.45, 7) is 0. The van der Waals surface area contributed by atoms with Gasteiger partial charge in [0, 0.05) is 18.5 Å². The molecule has 23 heavy (non-hydrogen) atoms. The van der Waals surface area contributed by atoms with Crippen LogP contribution in [-0.2, 0) is 4.79 Å². The Hall–Kier alpha value is -3.13. The summed E-state index contributed by atoms with van der Waals surface area (Å²) >= 11 is 4.90. The smallest absolute Gasteiger partial charge is 0.289 e. The van der Waals surface area contributed by atoms with Crippen LogP contribution < -0.4 is 16.2 Å². The molecule has 7 nitrogen and oxygen atoms in total. The van der Waals surface area contributed by atoms with Gasteiger partial charge in [-0.2, -0.15) is 0 Å². The Morgan fingerprint density at radius 3 is 2.57 bits per heavy atom. The van der Waals surface area contributed by atoms with Crippen LogP contribution in [0.25, 0.3) is 6.08 Å². The minimum absolute atomic E-state index is 0.0371. The van der Waals surface area contributed by atoms with Crippen molar-refractivity contribution in [3.63, 3.8) is 0 Å². The van der Waals surface area contributed by atoms with E-state index in [1.807, 2.05) is 30.3 Å². The van der Waals surface area contributed by atoms with Gasteiger partial charge in [-0.25, -0.2) is 4.98 Å². The average molecular weight is 327 g/mol. The number of hydrazine groups is 1. The van der Waals surface area contributed by atoms with Crippen LogP contribution >= 0.6 is 12.2 Å². The van der Waals surface area contributed by atoms with E-state index in [0.717, 1.165) is 5.56 Å². The highest BCUT2D eigenvalue weighted by atomic mass is 32.1. The van der Waals surface area contributed by atoms with Gasteiger partial charge in [0.2, 0.25) is 5.91 Å². The Bertz CT molecular complexity index is 719. The standard InChI is InChI=1S/C15H13N5O2S/c21-13(7-6-11-4-2-1-3-5-11)18-15(23)20-19-14(22)12-10-16-8-9-17-12/h1-10H,(H,19,22)(H2,18,20,21,23)/b7-6+. The van der Waals surface area contributed by atoms with Crippen molar-refractivity contribution >= 4 is 35.2 Å². The largest absolute Gasteiger partial charge is 0.298 e. The Morgan fingerprint density at radius 2 is 1.87 bits per heavy atom. The van der Waals surface area contributed by atoms with Gasteiger partial charge in [-0.05, 0) is 23.9 Å². The maximum atomic E-state index is 11.7. The molecule has 0 saturated carbocycles. The fourth-order valence-electron chi connectivity index (χ4n) is 1.51. The van der Waals surface area contributed by atoms with Crippen molar-refractivity contribution < 1.29 is 9.59 Å². The van der Waals surface area contributed by atoms with E-state index in [0.29, 0.717) is 0 Å². The van der Waals surface area contributed by atoms with E-state index in [1.54, 1.807) is 6.08 Å². The Morgan fingerprint density at radius 1 is 1.09 bits per heavy atom. The first-order valence-electron chi connectivity index (χ1n) is 6.55. The molecular formula is C15H13N5O2S. The highest BCUT2D eigenvalue weighted by molar-refractivity contribution is 7.80. The number of rotatable bonds is 3. The lowest BCUT2D eigenvalue weighted by molar-refractivity contribution is -0.115. The summed E-state index contributed by atoms with van der Waals surface area (Å²) in [6.07, 6.45) is 7.14. The summed E-state index contributed by atoms with van der Waals surface area (Å²) in [5, 5.41) is 2.36. The van der Waals surface area contributed by atoms with Crippen molar-refractivity contribution in [2.75, 3.05) is 0 Å². The summed E-state index contributed by atoms with van der Waals surface area (Å²) in [6, 6.07) is 9.34. The summed E-state index contributed by atoms with van der Waals surface area (Å²) in [5.41, 5.74) is 5.72. The first-order valence-corrected chi connectivity index (χ1v) is 6.96. The molecule has 2 rings (SSSR count). The molecule has 0 radical (unpaired) electrons. The molecule has 0 aliphatic heterocycles. The molecule has 0 atom stereocenters. The number of hydrogen-bond acceptors (Lipinski definition) is 5. The number of benzene rings is 1. The van der Waals surface area contributed by atoms with Gasteiger partial charge in [0.1, 0.15) is 5.69 Å². The lowest BCUT2D eigenvalue weighted by atomic mass is 10.2. The third-order valence-corrected chi connectivity index (χ3v) is 2.75. The second-order valence-corrected chi connectivity index (χ2v) is 4.64. The van der Waals surface area contributed by atoms with Gasteiger partial charge in [0.25, 0.3) is 5.91 Å². The van der Waals surface area contributed by atoms with Crippen LogP contribution in [0, 0.1) is 0 Å². The van der Waals surface area contributed by atoms with E-state index in [4.69, 9.17) is 12.2 Å². The molecule has 8 heteroatoms. The van der Waals surface area contributed by atoms with Crippen LogP contribution in [0.5, 0.6) is 0 Å². The van der Waals surface area contributed by atoms with Crippen LogP contribution in [0.15, 0.2) is 55.0 Å². The summed E-state index contributed by atoms with van der Waals surface area (Å²) in [7, 11) is 0. The maximum absolute atomic E-state index is 11.7. The van der Waals surface area contributed by atoms with Gasteiger partial charge >= 0.3 is 0 Å². The average Bonchev–Trinajstić information content (AvgIpc) is 2.59. The normalized spacial score (nSPS) is 10.1. The highest BCUT2D eigenvalue weighted by Gasteiger charge is 2.07. The number of carbonyl (C=O) groups excluding carboxylic acids is 2. The molecule has 2 aromatic rings. The topological polar surface area (TPSA) is 96.0 Å². The van der Waals surface area contributed by atoms with Gasteiger partial charge in [-0.3, -0.25) is 30.7 Å². The maximum Gasteiger partial charge on any atom is 0.289 e. The second kappa shape index (κ2) is 8.35. The molecule has 0 bridgehead atoms. The zero-order chi connectivity index (χ0) is 16.5. The molecule has 2 amide bonds. The number of carbonyl (C=O) groups is 2. The zero-order valence-corrected chi connectivity index (χ0v) is 12.7. The molecule has 1 aromatic carbocycles. The first-order chi connectivity index (χ1) is 11.1. The van der Waals surface area contributed by atoms with E-state index >= 15 is 0 Å². The van der Waals surface area contributed by atoms with Crippen LogP contribution in [0.4, 0.5) is 0 Å². The lowest BCUT2D eigenvalue weighted by Gasteiger charge is -2.08. The number of amides is 2. The van der Waals surface area contributed by atoms with Crippen LogP contribution in [0.1, 0.15) is 16.1 Å². The SMILES string of the molecule is O=C(/C=C/c1ccccc1)NC(=S)NNC(=O)c1cnccn1. The molecule has 0 spiro atoms. The molecule has 0 fully saturated rings. The summed E-state index contributed by atoms with van der Waals surface area (Å²) in [5.74, 6) is -0.936. The number of thiocarbonyl (C=S) groups is 1. The minimum Gasteiger partial charge on any atom is -0.298 e. The highest BCUT2D eigenvalue weighted by Crippen LogP contribution is 2.00. The predicted molar refractivity (Wildman–Crippen MR) is 88.9 cm³/mol. The molecule has 0 aliphatic rings. The van der Waals surface area contributed by atoms with Gasteiger partial charge in [0.15, 0.2) is 5.11 Å². The van der Waals surface area contributed by atoms with E-state index in [9.17, 15) is 9.59 Å². The molecule has 1 heterocycles. The molecule has 116 valence electrons. The van der Waals surface area contributed by atoms with E-state index in [1.165, 1.54) is 24.7 Å². The van der Waals surface area contributed by atoms with Crippen molar-refractivity contribution in [3.05, 3.63) is 66.3 Å². The minimum atomic E-state index is -0.519. The third kappa shape index (κ3) is 5.64. The van der Waals surface area contributed by atoms with E-state index in [2.05, 4.69) is 26.1 Å². The van der Waals surface area contributed by atoms with Crippen molar-refractivity contribution in [1.29, 1.82) is 0 Å². The fraction of sp³-hybridized carbons (Fsp3) is 0. The Kier molecular flexibility index (Phi) is 5.89. The van der Waals surface area contributed by atoms with Gasteiger partial charge in [0.05, 0.1) is 6.20 Å². The molecular weight excluding hydrogens is 314 g/mol. The molecule has 1 aromatic heterocycles. The molecule has 0 unspecified atom stereocenters. The van der Waals surface area contributed by atoms with Crippen LogP contribution in [0.3, 0.4) is 0 Å². The van der Waals surface area contributed by atoms with Crippen molar-refractivity contribution in [3.8, 4) is 0 Å². The number of nitrogens with zero attached hydrogens (tertiary/aromatic N) is 2. The van der Waals surface area contributed by atoms with E-state index in [-0.39, 0.29) is 10.8 Å². The first kappa shape index (κ1) is 16.2. The van der Waals surface area contributed by atoms with Crippen molar-refractivity contribution in [1.82, 2.24) is 26.1 Å². The summed E-state index contributed by atoms with van der Waals surface area (Å²) in [4.78, 5) is 31.0. The van der Waals surface area contributed by atoms with Gasteiger partial charge in [-0.1, -0.05) is 30.3 Å². The molecule has 0 saturated heterocycles. The Labute approximate surface area is 137 Å². The number of hydrogen-bond donors (Lipinski definition) is 3. The van der Waals surface area contributed by atoms with Gasteiger partial charge in [-0.15, -0.1) is 0 Å². The Balaban J connectivity index is 1.77. The quantitative estimate of drug-likeness (QED) is 0.439. The van der Waals surface area contributed by atoms with Crippen molar-refractivity contribution in [2.45, 2.75) is 0 Å². The molecule has 0 aliphatic carbocycles. The van der Waals surface area contributed by atoms with Crippen molar-refractivity contribution in [2.24, 2.45) is 0 Å². The zero-order valence-electron chi connectivity index (χ0n) is 11.9. The monoisotopic (exact) mass is 327 g/mol. The second-order valence-electron chi connectivity index (χ2n) is 4.23. The van der Waals surface area contributed by atoms with Crippen LogP contribution in [-0.4, -0.2) is 26.9 Å². The fourth-order valence-corrected chi connectivity index (χ4v) is 1.67. The lowest BCUT2D eigenvalue weighted by Crippen LogP contribution is -2.48. The molecule has 3 N–H and O–H groups in total. The summed E-state index contributed by atoms with van der Waals surface area (Å²) < 4.78 is 0. The predicted octanol–water partition coefficient (Wildman–Crippen LogP) is 0.825. The van der Waals surface area contributed by atoms with E-state index < -0.39 is 11.8 Å². The third-order valence-electron chi connectivity index (χ3n) is 2.55. The van der Waals surface area contributed by atoms with Crippen LogP contribution in [0.2, 0.25) is 0 Å².